The van der Waals surface area contributed by atoms with Crippen molar-refractivity contribution in [2.75, 3.05) is 43.9 Å². The molecule has 0 spiro atoms. The lowest BCUT2D eigenvalue weighted by atomic mass is 10.1. The number of sulfonamides is 1. The highest BCUT2D eigenvalue weighted by molar-refractivity contribution is 7.89. The van der Waals surface area contributed by atoms with Crippen LogP contribution in [0.2, 0.25) is 10.0 Å². The van der Waals surface area contributed by atoms with E-state index in [-0.39, 0.29) is 11.4 Å². The van der Waals surface area contributed by atoms with Crippen LogP contribution < -0.4 is 15.4 Å². The summed E-state index contributed by atoms with van der Waals surface area (Å²) in [6, 6.07) is 19.8. The van der Waals surface area contributed by atoms with E-state index in [4.69, 9.17) is 27.9 Å². The van der Waals surface area contributed by atoms with Gasteiger partial charge in [0.2, 0.25) is 10.0 Å². The number of rotatable bonds is 12. The molecule has 0 saturated heterocycles. The zero-order valence-electron chi connectivity index (χ0n) is 25.1. The summed E-state index contributed by atoms with van der Waals surface area (Å²) < 4.78 is 34.4. The van der Waals surface area contributed by atoms with Crippen LogP contribution in [0.4, 0.5) is 11.4 Å². The molecule has 0 aliphatic heterocycles. The second-order valence-corrected chi connectivity index (χ2v) is 13.5. The topological polar surface area (TPSA) is 96.5 Å². The lowest BCUT2D eigenvalue weighted by Crippen LogP contribution is -2.36. The van der Waals surface area contributed by atoms with Crippen molar-refractivity contribution in [3.8, 4) is 5.75 Å². The van der Waals surface area contributed by atoms with E-state index in [9.17, 15) is 8.42 Å². The number of anilines is 2. The summed E-state index contributed by atoms with van der Waals surface area (Å²) in [5.74, 6) is 0.593. The van der Waals surface area contributed by atoms with E-state index in [1.54, 1.807) is 31.4 Å². The molecule has 0 amide bonds. The van der Waals surface area contributed by atoms with Gasteiger partial charge in [-0.1, -0.05) is 23.2 Å². The molecule has 44 heavy (non-hydrogen) atoms. The van der Waals surface area contributed by atoms with E-state index in [1.165, 1.54) is 4.31 Å². The van der Waals surface area contributed by atoms with Crippen molar-refractivity contribution in [2.24, 2.45) is 0 Å². The third kappa shape index (κ3) is 7.18. The number of hydrogen-bond acceptors (Lipinski definition) is 7. The molecule has 2 heterocycles. The monoisotopic (exact) mass is 651 g/mol. The second kappa shape index (κ2) is 13.6. The maximum absolute atomic E-state index is 13.8. The fourth-order valence-electron chi connectivity index (χ4n) is 5.25. The van der Waals surface area contributed by atoms with Crippen molar-refractivity contribution >= 4 is 66.4 Å². The Bertz CT molecular complexity index is 1920. The number of pyridine rings is 2. The maximum atomic E-state index is 13.8. The number of halogens is 2. The first kappa shape index (κ1) is 31.8. The molecule has 0 fully saturated rings. The average Bonchev–Trinajstić information content (AvgIpc) is 2.99. The van der Waals surface area contributed by atoms with Crippen LogP contribution in [0.1, 0.15) is 23.4 Å². The molecule has 0 aliphatic rings. The van der Waals surface area contributed by atoms with E-state index in [0.29, 0.717) is 41.8 Å². The Hall–Kier alpha value is -3.63. The molecule has 0 unspecified atom stereocenters. The normalized spacial score (nSPS) is 11.8. The third-order valence-corrected chi connectivity index (χ3v) is 9.74. The average molecular weight is 653 g/mol. The van der Waals surface area contributed by atoms with Crippen LogP contribution in [0.3, 0.4) is 0 Å². The number of aromatic nitrogens is 2. The Morgan fingerprint density at radius 3 is 2.16 bits per heavy atom. The predicted molar refractivity (Wildman–Crippen MR) is 181 cm³/mol. The summed E-state index contributed by atoms with van der Waals surface area (Å²) >= 11 is 12.6. The van der Waals surface area contributed by atoms with Gasteiger partial charge in [0.1, 0.15) is 5.75 Å². The van der Waals surface area contributed by atoms with Gasteiger partial charge in [0.25, 0.3) is 0 Å². The zero-order valence-corrected chi connectivity index (χ0v) is 27.4. The Morgan fingerprint density at radius 2 is 1.43 bits per heavy atom. The number of nitrogens with zero attached hydrogens (tertiary/aromatic N) is 3. The molecule has 0 bridgehead atoms. The highest BCUT2D eigenvalue weighted by Crippen LogP contribution is 2.30. The lowest BCUT2D eigenvalue weighted by molar-refractivity contribution is 0.412. The third-order valence-electron chi connectivity index (χ3n) is 7.37. The van der Waals surface area contributed by atoms with E-state index in [2.05, 4.69) is 20.6 Å². The first-order valence-electron chi connectivity index (χ1n) is 14.3. The molecule has 8 nitrogen and oxygen atoms in total. The molecule has 3 aromatic carbocycles. The van der Waals surface area contributed by atoms with Gasteiger partial charge >= 0.3 is 0 Å². The van der Waals surface area contributed by atoms with Crippen molar-refractivity contribution in [3.63, 3.8) is 0 Å². The molecule has 2 aromatic heterocycles. The van der Waals surface area contributed by atoms with E-state index in [1.807, 2.05) is 63.2 Å². The van der Waals surface area contributed by atoms with Gasteiger partial charge in [-0.05, 0) is 99.5 Å². The molecule has 0 radical (unpaired) electrons. The number of benzene rings is 3. The first-order valence-corrected chi connectivity index (χ1v) is 16.5. The smallest absolute Gasteiger partial charge is 0.243 e. The molecule has 2 N–H and O–H groups in total. The van der Waals surface area contributed by atoms with Crippen LogP contribution in [0.5, 0.6) is 5.75 Å². The van der Waals surface area contributed by atoms with E-state index < -0.39 is 10.0 Å². The molecule has 11 heteroatoms. The van der Waals surface area contributed by atoms with Crippen molar-refractivity contribution < 1.29 is 13.2 Å². The summed E-state index contributed by atoms with van der Waals surface area (Å²) in [6.07, 6.45) is 0.574. The lowest BCUT2D eigenvalue weighted by Gasteiger charge is -2.23. The Balaban J connectivity index is 1.33. The number of hydrogen-bond donors (Lipinski definition) is 2. The van der Waals surface area contributed by atoms with Gasteiger partial charge in [-0.3, -0.25) is 9.97 Å². The zero-order chi connectivity index (χ0) is 31.4. The summed E-state index contributed by atoms with van der Waals surface area (Å²) in [6.45, 7) is 7.38. The highest BCUT2D eigenvalue weighted by atomic mass is 35.5. The van der Waals surface area contributed by atoms with Crippen LogP contribution in [-0.2, 0) is 10.0 Å². The number of methoxy groups -OCH3 is 1. The van der Waals surface area contributed by atoms with Gasteiger partial charge in [0.15, 0.2) is 0 Å². The number of fused-ring (bicyclic) bond motifs is 2. The molecular formula is C33H35Cl2N5O3S. The maximum Gasteiger partial charge on any atom is 0.243 e. The van der Waals surface area contributed by atoms with Crippen LogP contribution in [0.25, 0.3) is 21.8 Å². The van der Waals surface area contributed by atoms with Crippen molar-refractivity contribution in [1.29, 1.82) is 0 Å². The Morgan fingerprint density at radius 1 is 0.773 bits per heavy atom. The standard InChI is InChI=1S/C33H35Cl2N5O3S/c1-21-16-25(35)20-29-32(18-23(3)39-33(21)29)36-12-5-14-40(44(41,42)27-9-7-26(43-4)8-10-27)15-13-37-31-17-22(2)38-30-11-6-24(34)19-28(30)31/h6-11,16-20H,5,12-15H2,1-4H3,(H,36,39)(H,37,38). The molecule has 0 atom stereocenters. The molecule has 5 rings (SSSR count). The van der Waals surface area contributed by atoms with Crippen molar-refractivity contribution in [2.45, 2.75) is 32.1 Å². The SMILES string of the molecule is COc1ccc(S(=O)(=O)N(CCCNc2cc(C)nc3c(C)cc(Cl)cc23)CCNc2cc(C)nc3ccc(Cl)cc23)cc1. The number of nitrogens with one attached hydrogen (secondary N) is 2. The second-order valence-electron chi connectivity index (χ2n) is 10.7. The van der Waals surface area contributed by atoms with Crippen molar-refractivity contribution in [1.82, 2.24) is 14.3 Å². The van der Waals surface area contributed by atoms with Gasteiger partial charge in [-0.15, -0.1) is 0 Å². The summed E-state index contributed by atoms with van der Waals surface area (Å²) in [5, 5.41) is 9.98. The summed E-state index contributed by atoms with van der Waals surface area (Å²) in [7, 11) is -2.24. The Labute approximate surface area is 268 Å². The fraction of sp³-hybridized carbons (Fsp3) is 0.273. The quantitative estimate of drug-likeness (QED) is 0.134. The van der Waals surface area contributed by atoms with Gasteiger partial charge in [-0.2, -0.15) is 4.31 Å². The summed E-state index contributed by atoms with van der Waals surface area (Å²) in [5.41, 5.74) is 6.23. The van der Waals surface area contributed by atoms with Gasteiger partial charge < -0.3 is 15.4 Å². The highest BCUT2D eigenvalue weighted by Gasteiger charge is 2.24. The largest absolute Gasteiger partial charge is 0.497 e. The fourth-order valence-corrected chi connectivity index (χ4v) is 7.17. The number of aryl methyl sites for hydroxylation is 3. The van der Waals surface area contributed by atoms with E-state index >= 15 is 0 Å². The van der Waals surface area contributed by atoms with Crippen LogP contribution in [0, 0.1) is 20.8 Å². The van der Waals surface area contributed by atoms with Crippen LogP contribution in [0.15, 0.2) is 71.6 Å². The minimum Gasteiger partial charge on any atom is -0.497 e. The first-order chi connectivity index (χ1) is 21.0. The molecular weight excluding hydrogens is 617 g/mol. The van der Waals surface area contributed by atoms with Gasteiger partial charge in [0.05, 0.1) is 23.0 Å². The van der Waals surface area contributed by atoms with Gasteiger partial charge in [0, 0.05) is 69.8 Å². The Kier molecular flexibility index (Phi) is 9.80. The molecule has 5 aromatic rings. The number of ether oxygens (including phenoxy) is 1. The minimum absolute atomic E-state index is 0.212. The van der Waals surface area contributed by atoms with Crippen LogP contribution >= 0.6 is 23.2 Å². The van der Waals surface area contributed by atoms with Crippen LogP contribution in [-0.4, -0.2) is 56.0 Å². The molecule has 0 aliphatic carbocycles. The predicted octanol–water partition coefficient (Wildman–Crippen LogP) is 7.63. The molecule has 230 valence electrons. The molecule has 0 saturated carbocycles. The summed E-state index contributed by atoms with van der Waals surface area (Å²) in [4.78, 5) is 9.49. The minimum atomic E-state index is -3.79. The van der Waals surface area contributed by atoms with Gasteiger partial charge in [-0.25, -0.2) is 8.42 Å². The van der Waals surface area contributed by atoms with E-state index in [0.717, 1.165) is 50.1 Å². The van der Waals surface area contributed by atoms with Crippen molar-refractivity contribution in [3.05, 3.63) is 93.7 Å².